The summed E-state index contributed by atoms with van der Waals surface area (Å²) in [6, 6.07) is 0. The minimum atomic E-state index is -0.207. The van der Waals surface area contributed by atoms with Crippen LogP contribution in [0.25, 0.3) is 0 Å². The van der Waals surface area contributed by atoms with E-state index in [1.54, 1.807) is 0 Å². The van der Waals surface area contributed by atoms with E-state index >= 15 is 0 Å². The maximum atomic E-state index is 12.2. The van der Waals surface area contributed by atoms with E-state index in [1.165, 1.54) is 12.8 Å². The average Bonchev–Trinajstić information content (AvgIpc) is 2.22. The quantitative estimate of drug-likeness (QED) is 0.700. The lowest BCUT2D eigenvalue weighted by Crippen LogP contribution is -2.54. The number of carbonyl (C=O) groups is 1. The van der Waals surface area contributed by atoms with E-state index in [9.17, 15) is 4.79 Å². The number of rotatable bonds is 1. The molecule has 2 aliphatic rings. The molecule has 3 nitrogen and oxygen atoms in total. The second-order valence-electron chi connectivity index (χ2n) is 6.51. The van der Waals surface area contributed by atoms with Gasteiger partial charge in [0.15, 0.2) is 0 Å². The molecule has 98 valence electrons. The summed E-state index contributed by atoms with van der Waals surface area (Å²) in [6.45, 7) is 8.28. The summed E-state index contributed by atoms with van der Waals surface area (Å²) in [6.07, 6.45) is 6.64. The van der Waals surface area contributed by atoms with Crippen LogP contribution < -0.4 is 0 Å². The van der Waals surface area contributed by atoms with Gasteiger partial charge in [0.25, 0.3) is 0 Å². The maximum absolute atomic E-state index is 12.2. The molecule has 0 aromatic carbocycles. The topological polar surface area (TPSA) is 29.5 Å². The van der Waals surface area contributed by atoms with Crippen LogP contribution in [0.2, 0.25) is 0 Å². The molecule has 0 atom stereocenters. The molecule has 0 radical (unpaired) electrons. The van der Waals surface area contributed by atoms with Crippen molar-refractivity contribution in [2.75, 3.05) is 13.1 Å². The van der Waals surface area contributed by atoms with Crippen molar-refractivity contribution >= 4 is 6.09 Å². The van der Waals surface area contributed by atoms with E-state index in [-0.39, 0.29) is 17.1 Å². The monoisotopic (exact) mass is 239 g/mol. The molecule has 17 heavy (non-hydrogen) atoms. The van der Waals surface area contributed by atoms with Gasteiger partial charge < -0.3 is 9.64 Å². The minimum absolute atomic E-state index is 0.0523. The highest BCUT2D eigenvalue weighted by Gasteiger charge is 2.50. The van der Waals surface area contributed by atoms with Crippen LogP contribution >= 0.6 is 0 Å². The Morgan fingerprint density at radius 1 is 1.06 bits per heavy atom. The number of hydrogen-bond acceptors (Lipinski definition) is 2. The van der Waals surface area contributed by atoms with Crippen molar-refractivity contribution in [3.8, 4) is 0 Å². The Morgan fingerprint density at radius 2 is 1.65 bits per heavy atom. The van der Waals surface area contributed by atoms with Crippen LogP contribution in [-0.2, 0) is 4.74 Å². The number of hydrogen-bond donors (Lipinski definition) is 0. The zero-order valence-corrected chi connectivity index (χ0v) is 11.4. The van der Waals surface area contributed by atoms with Gasteiger partial charge in [0.1, 0.15) is 5.60 Å². The first-order valence-corrected chi connectivity index (χ1v) is 6.93. The minimum Gasteiger partial charge on any atom is -0.442 e. The molecule has 1 aliphatic carbocycles. The summed E-state index contributed by atoms with van der Waals surface area (Å²) in [4.78, 5) is 14.0. The second kappa shape index (κ2) is 4.51. The maximum Gasteiger partial charge on any atom is 0.410 e. The van der Waals surface area contributed by atoms with Crippen molar-refractivity contribution in [1.29, 1.82) is 0 Å². The van der Waals surface area contributed by atoms with E-state index in [2.05, 4.69) is 20.8 Å². The summed E-state index contributed by atoms with van der Waals surface area (Å²) < 4.78 is 5.86. The lowest BCUT2D eigenvalue weighted by molar-refractivity contribution is -0.130. The van der Waals surface area contributed by atoms with Gasteiger partial charge in [-0.1, -0.05) is 20.8 Å². The standard InChI is InChI=1S/C14H25NO2/c1-13(2,3)14(8-7-9-14)17-12(16)15-10-5-4-6-11-15/h4-11H2,1-3H3. The van der Waals surface area contributed by atoms with Gasteiger partial charge in [0.2, 0.25) is 0 Å². The summed E-state index contributed by atoms with van der Waals surface area (Å²) in [7, 11) is 0. The van der Waals surface area contributed by atoms with Crippen molar-refractivity contribution in [2.24, 2.45) is 5.41 Å². The molecule has 1 saturated heterocycles. The van der Waals surface area contributed by atoms with Gasteiger partial charge in [0, 0.05) is 18.5 Å². The smallest absolute Gasteiger partial charge is 0.410 e. The van der Waals surface area contributed by atoms with Gasteiger partial charge in [0.05, 0.1) is 0 Å². The predicted molar refractivity (Wildman–Crippen MR) is 67.9 cm³/mol. The van der Waals surface area contributed by atoms with Crippen LogP contribution in [-0.4, -0.2) is 29.7 Å². The third-order valence-corrected chi connectivity index (χ3v) is 4.43. The van der Waals surface area contributed by atoms with Crippen molar-refractivity contribution in [3.05, 3.63) is 0 Å². The van der Waals surface area contributed by atoms with E-state index in [1.807, 2.05) is 4.90 Å². The third kappa shape index (κ3) is 2.43. The molecule has 0 aromatic rings. The van der Waals surface area contributed by atoms with Crippen LogP contribution in [0.1, 0.15) is 59.3 Å². The van der Waals surface area contributed by atoms with Crippen LogP contribution in [0, 0.1) is 5.41 Å². The second-order valence-corrected chi connectivity index (χ2v) is 6.51. The molecule has 0 N–H and O–H groups in total. The molecule has 2 rings (SSSR count). The van der Waals surface area contributed by atoms with E-state index in [0.717, 1.165) is 38.8 Å². The molecule has 1 aliphatic heterocycles. The Hall–Kier alpha value is -0.730. The summed E-state index contributed by atoms with van der Waals surface area (Å²) in [5, 5.41) is 0. The number of nitrogens with zero attached hydrogens (tertiary/aromatic N) is 1. The molecule has 1 amide bonds. The molecular formula is C14H25NO2. The zero-order valence-electron chi connectivity index (χ0n) is 11.4. The predicted octanol–water partition coefficient (Wildman–Crippen LogP) is 3.58. The average molecular weight is 239 g/mol. The molecule has 1 saturated carbocycles. The number of likely N-dealkylation sites (tertiary alicyclic amines) is 1. The molecule has 1 heterocycles. The number of amides is 1. The van der Waals surface area contributed by atoms with Gasteiger partial charge in [-0.05, 0) is 38.5 Å². The van der Waals surface area contributed by atoms with Gasteiger partial charge >= 0.3 is 6.09 Å². The van der Waals surface area contributed by atoms with Gasteiger partial charge in [-0.2, -0.15) is 0 Å². The van der Waals surface area contributed by atoms with Gasteiger partial charge in [-0.25, -0.2) is 4.79 Å². The van der Waals surface area contributed by atoms with Gasteiger partial charge in [-0.15, -0.1) is 0 Å². The van der Waals surface area contributed by atoms with Crippen molar-refractivity contribution < 1.29 is 9.53 Å². The normalized spacial score (nSPS) is 24.1. The molecular weight excluding hydrogens is 214 g/mol. The molecule has 0 unspecified atom stereocenters. The fourth-order valence-corrected chi connectivity index (χ4v) is 2.81. The first-order chi connectivity index (χ1) is 7.95. The Labute approximate surface area is 105 Å². The number of ether oxygens (including phenoxy) is 1. The lowest BCUT2D eigenvalue weighted by atomic mass is 9.64. The molecule has 0 bridgehead atoms. The number of piperidine rings is 1. The first-order valence-electron chi connectivity index (χ1n) is 6.93. The molecule has 2 fully saturated rings. The van der Waals surface area contributed by atoms with Crippen LogP contribution in [0.3, 0.4) is 0 Å². The van der Waals surface area contributed by atoms with E-state index in [0.29, 0.717) is 0 Å². The first kappa shape index (κ1) is 12.7. The van der Waals surface area contributed by atoms with E-state index in [4.69, 9.17) is 4.74 Å². The van der Waals surface area contributed by atoms with Gasteiger partial charge in [-0.3, -0.25) is 0 Å². The van der Waals surface area contributed by atoms with Crippen molar-refractivity contribution in [1.82, 2.24) is 4.90 Å². The summed E-state index contributed by atoms with van der Waals surface area (Å²) in [5.74, 6) is 0. The SMILES string of the molecule is CC(C)(C)C1(OC(=O)N2CCCCC2)CCC1. The highest BCUT2D eigenvalue weighted by atomic mass is 16.6. The molecule has 0 aromatic heterocycles. The fraction of sp³-hybridized carbons (Fsp3) is 0.929. The third-order valence-electron chi connectivity index (χ3n) is 4.43. The fourth-order valence-electron chi connectivity index (χ4n) is 2.81. The highest BCUT2D eigenvalue weighted by molar-refractivity contribution is 5.68. The van der Waals surface area contributed by atoms with Crippen molar-refractivity contribution in [2.45, 2.75) is 64.9 Å². The Kier molecular flexibility index (Phi) is 3.37. The summed E-state index contributed by atoms with van der Waals surface area (Å²) >= 11 is 0. The molecule has 3 heteroatoms. The highest BCUT2D eigenvalue weighted by Crippen LogP contribution is 2.49. The lowest BCUT2D eigenvalue weighted by Gasteiger charge is -2.51. The molecule has 0 spiro atoms. The summed E-state index contributed by atoms with van der Waals surface area (Å²) in [5.41, 5.74) is -0.155. The Balaban J connectivity index is 1.97. The largest absolute Gasteiger partial charge is 0.442 e. The van der Waals surface area contributed by atoms with Crippen LogP contribution in [0.15, 0.2) is 0 Å². The van der Waals surface area contributed by atoms with Crippen molar-refractivity contribution in [3.63, 3.8) is 0 Å². The van der Waals surface area contributed by atoms with Crippen LogP contribution in [0.4, 0.5) is 4.79 Å². The van der Waals surface area contributed by atoms with E-state index < -0.39 is 0 Å². The Bertz CT molecular complexity index is 283. The zero-order chi connectivity index (χ0) is 12.5. The number of carbonyl (C=O) groups excluding carboxylic acids is 1. The Morgan fingerprint density at radius 3 is 2.06 bits per heavy atom. The van der Waals surface area contributed by atoms with Crippen LogP contribution in [0.5, 0.6) is 0 Å².